The molecule has 0 bridgehead atoms. The van der Waals surface area contributed by atoms with E-state index in [1.165, 1.54) is 31.7 Å². The monoisotopic (exact) mass is 300 g/mol. The zero-order chi connectivity index (χ0) is 12.3. The molecule has 1 aromatic rings. The molecule has 1 aromatic heterocycles. The highest BCUT2D eigenvalue weighted by atomic mass is 79.9. The molecule has 17 heavy (non-hydrogen) atoms. The van der Waals surface area contributed by atoms with E-state index in [1.54, 1.807) is 6.20 Å². The topological polar surface area (TPSA) is 16.1 Å². The summed E-state index contributed by atoms with van der Waals surface area (Å²) in [5, 5.41) is 0. The Hall–Kier alpha value is -0.640. The smallest absolute Gasteiger partial charge is 0.166 e. The van der Waals surface area contributed by atoms with E-state index < -0.39 is 0 Å². The van der Waals surface area contributed by atoms with Crippen molar-refractivity contribution in [1.29, 1.82) is 0 Å². The minimum Gasteiger partial charge on any atom is -0.354 e. The van der Waals surface area contributed by atoms with Gasteiger partial charge >= 0.3 is 0 Å². The van der Waals surface area contributed by atoms with Crippen LogP contribution in [0.2, 0.25) is 0 Å². The van der Waals surface area contributed by atoms with Crippen molar-refractivity contribution in [3.05, 3.63) is 22.6 Å². The van der Waals surface area contributed by atoms with E-state index in [2.05, 4.69) is 20.9 Å². The lowest BCUT2D eigenvalue weighted by Gasteiger charge is -2.28. The van der Waals surface area contributed by atoms with Crippen LogP contribution in [0, 0.1) is 5.82 Å². The molecule has 1 aliphatic carbocycles. The molecule has 0 unspecified atom stereocenters. The summed E-state index contributed by atoms with van der Waals surface area (Å²) in [6.45, 7) is 0. The lowest BCUT2D eigenvalue weighted by molar-refractivity contribution is 0.531. The maximum Gasteiger partial charge on any atom is 0.166 e. The van der Waals surface area contributed by atoms with Crippen molar-refractivity contribution in [2.24, 2.45) is 0 Å². The predicted octanol–water partition coefficient (Wildman–Crippen LogP) is 4.14. The van der Waals surface area contributed by atoms with Crippen LogP contribution in [-0.2, 0) is 0 Å². The molecule has 2 rings (SSSR count). The Morgan fingerprint density at radius 1 is 1.29 bits per heavy atom. The number of anilines is 1. The molecule has 1 saturated carbocycles. The number of nitrogens with zero attached hydrogens (tertiary/aromatic N) is 2. The van der Waals surface area contributed by atoms with Crippen molar-refractivity contribution in [3.8, 4) is 0 Å². The predicted molar refractivity (Wildman–Crippen MR) is 71.8 cm³/mol. The molecule has 94 valence electrons. The van der Waals surface area contributed by atoms with Gasteiger partial charge in [-0.25, -0.2) is 9.37 Å². The standard InChI is InChI=1S/C13H18BrFN2/c1-17(11-6-4-2-3-5-7-11)13-12(15)8-10(14)9-16-13/h8-9,11H,2-7H2,1H3. The second-order valence-corrected chi connectivity index (χ2v) is 5.63. The fourth-order valence-corrected chi connectivity index (χ4v) is 2.79. The van der Waals surface area contributed by atoms with Crippen molar-refractivity contribution in [3.63, 3.8) is 0 Å². The average molecular weight is 301 g/mol. The molecule has 1 aliphatic rings. The Kier molecular flexibility index (Phi) is 4.37. The molecule has 0 saturated heterocycles. The number of pyridine rings is 1. The van der Waals surface area contributed by atoms with Gasteiger partial charge in [-0.1, -0.05) is 25.7 Å². The maximum atomic E-state index is 13.8. The number of hydrogen-bond donors (Lipinski definition) is 0. The molecule has 0 N–H and O–H groups in total. The molecule has 0 amide bonds. The number of aromatic nitrogens is 1. The van der Waals surface area contributed by atoms with Crippen LogP contribution in [0.1, 0.15) is 38.5 Å². The van der Waals surface area contributed by atoms with Gasteiger partial charge in [0.15, 0.2) is 11.6 Å². The van der Waals surface area contributed by atoms with Crippen molar-refractivity contribution < 1.29 is 4.39 Å². The summed E-state index contributed by atoms with van der Waals surface area (Å²) < 4.78 is 14.5. The van der Waals surface area contributed by atoms with Crippen molar-refractivity contribution in [2.75, 3.05) is 11.9 Å². The Morgan fingerprint density at radius 3 is 2.53 bits per heavy atom. The lowest BCUT2D eigenvalue weighted by atomic mass is 10.1. The molecule has 0 aliphatic heterocycles. The summed E-state index contributed by atoms with van der Waals surface area (Å²) in [5.74, 6) is 0.228. The first-order valence-electron chi connectivity index (χ1n) is 6.22. The van der Waals surface area contributed by atoms with Crippen molar-refractivity contribution in [1.82, 2.24) is 4.98 Å². The fourth-order valence-electron chi connectivity index (χ4n) is 2.48. The van der Waals surface area contributed by atoms with Crippen LogP contribution in [0.15, 0.2) is 16.7 Å². The van der Waals surface area contributed by atoms with E-state index in [1.807, 2.05) is 11.9 Å². The Labute approximate surface area is 110 Å². The molecule has 2 nitrogen and oxygen atoms in total. The summed E-state index contributed by atoms with van der Waals surface area (Å²) >= 11 is 3.23. The van der Waals surface area contributed by atoms with Gasteiger partial charge in [0.2, 0.25) is 0 Å². The molecule has 1 heterocycles. The zero-order valence-electron chi connectivity index (χ0n) is 10.1. The second-order valence-electron chi connectivity index (χ2n) is 4.72. The first kappa shape index (κ1) is 12.8. The molecule has 0 aromatic carbocycles. The number of rotatable bonds is 2. The van der Waals surface area contributed by atoms with Gasteiger partial charge in [-0.2, -0.15) is 0 Å². The van der Waals surface area contributed by atoms with Gasteiger partial charge < -0.3 is 4.90 Å². The minimum absolute atomic E-state index is 0.244. The third-order valence-electron chi connectivity index (χ3n) is 3.49. The van der Waals surface area contributed by atoms with Gasteiger partial charge in [0.05, 0.1) is 0 Å². The van der Waals surface area contributed by atoms with Crippen LogP contribution in [-0.4, -0.2) is 18.1 Å². The van der Waals surface area contributed by atoms with Crippen molar-refractivity contribution >= 4 is 21.7 Å². The van der Waals surface area contributed by atoms with Crippen molar-refractivity contribution in [2.45, 2.75) is 44.6 Å². The summed E-state index contributed by atoms with van der Waals surface area (Å²) in [4.78, 5) is 6.19. The van der Waals surface area contributed by atoms with Crippen LogP contribution < -0.4 is 4.90 Å². The van der Waals surface area contributed by atoms with Gasteiger partial charge in [0.25, 0.3) is 0 Å². The first-order valence-corrected chi connectivity index (χ1v) is 7.01. The Morgan fingerprint density at radius 2 is 1.94 bits per heavy atom. The van der Waals surface area contributed by atoms with Crippen LogP contribution in [0.5, 0.6) is 0 Å². The fraction of sp³-hybridized carbons (Fsp3) is 0.615. The second kappa shape index (κ2) is 5.80. The first-order chi connectivity index (χ1) is 8.18. The SMILES string of the molecule is CN(c1ncc(Br)cc1F)C1CCCCCC1. The van der Waals surface area contributed by atoms with E-state index in [4.69, 9.17) is 0 Å². The van der Waals surface area contributed by atoms with Gasteiger partial charge in [-0.15, -0.1) is 0 Å². The van der Waals surface area contributed by atoms with E-state index in [0.717, 1.165) is 12.8 Å². The molecule has 0 radical (unpaired) electrons. The normalized spacial score (nSPS) is 17.8. The van der Waals surface area contributed by atoms with Crippen LogP contribution in [0.4, 0.5) is 10.2 Å². The summed E-state index contributed by atoms with van der Waals surface area (Å²) in [5.41, 5.74) is 0. The van der Waals surface area contributed by atoms with Crippen LogP contribution in [0.3, 0.4) is 0 Å². The quantitative estimate of drug-likeness (QED) is 0.763. The molecular formula is C13H18BrFN2. The third-order valence-corrected chi connectivity index (χ3v) is 3.93. The Balaban J connectivity index is 2.14. The zero-order valence-corrected chi connectivity index (χ0v) is 11.7. The number of hydrogen-bond acceptors (Lipinski definition) is 2. The van der Waals surface area contributed by atoms with Gasteiger partial charge in [-0.05, 0) is 34.8 Å². The minimum atomic E-state index is -0.244. The summed E-state index contributed by atoms with van der Waals surface area (Å²) in [7, 11) is 1.95. The van der Waals surface area contributed by atoms with Gasteiger partial charge in [-0.3, -0.25) is 0 Å². The Bertz CT molecular complexity index is 376. The molecule has 0 spiro atoms. The van der Waals surface area contributed by atoms with E-state index in [-0.39, 0.29) is 5.82 Å². The van der Waals surface area contributed by atoms with E-state index in [9.17, 15) is 4.39 Å². The highest BCUT2D eigenvalue weighted by Crippen LogP contribution is 2.26. The van der Waals surface area contributed by atoms with E-state index >= 15 is 0 Å². The maximum absolute atomic E-state index is 13.8. The van der Waals surface area contributed by atoms with Gasteiger partial charge in [0, 0.05) is 23.8 Å². The molecule has 1 fully saturated rings. The summed E-state index contributed by atoms with van der Waals surface area (Å²) in [6, 6.07) is 1.91. The molecular weight excluding hydrogens is 283 g/mol. The molecule has 4 heteroatoms. The third kappa shape index (κ3) is 3.18. The highest BCUT2D eigenvalue weighted by Gasteiger charge is 2.20. The number of halogens is 2. The molecule has 0 atom stereocenters. The summed E-state index contributed by atoms with van der Waals surface area (Å²) in [6.07, 6.45) is 9.05. The largest absolute Gasteiger partial charge is 0.354 e. The average Bonchev–Trinajstić information content (AvgIpc) is 2.56. The highest BCUT2D eigenvalue weighted by molar-refractivity contribution is 9.10. The van der Waals surface area contributed by atoms with Gasteiger partial charge in [0.1, 0.15) is 0 Å². The van der Waals surface area contributed by atoms with Crippen LogP contribution >= 0.6 is 15.9 Å². The lowest BCUT2D eigenvalue weighted by Crippen LogP contribution is -2.32. The van der Waals surface area contributed by atoms with Crippen LogP contribution in [0.25, 0.3) is 0 Å². The van der Waals surface area contributed by atoms with E-state index in [0.29, 0.717) is 16.3 Å².